The summed E-state index contributed by atoms with van der Waals surface area (Å²) in [5, 5.41) is 177. The number of carboxylic acid groups (broad SMARTS) is 5. The number of rotatable bonds is 19. The minimum absolute atomic E-state index is 0.0451. The summed E-state index contributed by atoms with van der Waals surface area (Å²) in [5.74, 6) is -9.12. The number of aliphatic hydroxyl groups excluding tert-OH is 5. The van der Waals surface area contributed by atoms with Crippen molar-refractivity contribution in [2.45, 2.75) is 38.8 Å². The van der Waals surface area contributed by atoms with Gasteiger partial charge < -0.3 is 73.0 Å². The predicted molar refractivity (Wildman–Crippen MR) is 307 cm³/mol. The number of nitrogens with one attached hydrogen (secondary N) is 11. The zero-order valence-electron chi connectivity index (χ0n) is 50.1. The number of aliphatic carboxylic acids is 1. The lowest BCUT2D eigenvalue weighted by atomic mass is 10.2. The number of nitrogens with zero attached hydrogens (tertiary/aromatic N) is 21. The number of H-pyrrole nitrogens is 10. The lowest BCUT2D eigenvalue weighted by Crippen LogP contribution is -2.26. The van der Waals surface area contributed by atoms with E-state index in [9.17, 15) is 56.4 Å². The molecule has 0 radical (unpaired) electrons. The summed E-state index contributed by atoms with van der Waals surface area (Å²) in [6.45, 7) is -0.748. The number of primary amides is 3. The van der Waals surface area contributed by atoms with E-state index in [1.807, 2.05) is 21.0 Å². The molecule has 0 spiro atoms. The highest BCUT2D eigenvalue weighted by Crippen LogP contribution is 2.15. The largest absolute Gasteiger partial charge is 0.476 e. The minimum Gasteiger partial charge on any atom is -0.476 e. The Balaban J connectivity index is 0.000000553. The van der Waals surface area contributed by atoms with Crippen LogP contribution in [0.15, 0.2) is 37.2 Å². The van der Waals surface area contributed by atoms with Gasteiger partial charge >= 0.3 is 35.9 Å². The first-order valence-corrected chi connectivity index (χ1v) is 26.9. The van der Waals surface area contributed by atoms with E-state index in [0.29, 0.717) is 34.2 Å². The molecule has 1 unspecified atom stereocenters. The van der Waals surface area contributed by atoms with Crippen LogP contribution in [-0.4, -0.2) is 300 Å². The lowest BCUT2D eigenvalue weighted by molar-refractivity contribution is -0.148. The molecule has 0 saturated carbocycles. The number of carboxylic acids is 4. The topological polar surface area (TPSA) is 925 Å². The highest BCUT2D eigenvalue weighted by atomic mass is 32.2. The molecule has 0 aliphatic heterocycles. The van der Waals surface area contributed by atoms with Gasteiger partial charge in [0.1, 0.15) is 28.9 Å². The average molecular weight is 1430 g/mol. The zero-order chi connectivity index (χ0) is 74.6. The molecule has 10 heterocycles. The van der Waals surface area contributed by atoms with Gasteiger partial charge in [0.05, 0.1) is 101 Å². The van der Waals surface area contributed by atoms with Gasteiger partial charge in [-0.3, -0.25) is 28.8 Å². The molecule has 59 heteroatoms. The van der Waals surface area contributed by atoms with Gasteiger partial charge in [-0.2, -0.15) is 118 Å². The molecule has 0 aromatic carbocycles. The Morgan fingerprint density at radius 1 is 0.505 bits per heavy atom. The molecular formula is C40H55N35O23S. The van der Waals surface area contributed by atoms with Crippen LogP contribution >= 0.6 is 0 Å². The number of carbonyl (C=O) groups excluding carboxylic acids is 5. The Bertz CT molecular complexity index is 4000. The van der Waals surface area contributed by atoms with Crippen molar-refractivity contribution in [3.05, 3.63) is 106 Å². The van der Waals surface area contributed by atoms with E-state index >= 15 is 0 Å². The third-order valence-corrected chi connectivity index (χ3v) is 10.6. The van der Waals surface area contributed by atoms with E-state index in [0.717, 1.165) is 17.7 Å². The van der Waals surface area contributed by atoms with Crippen LogP contribution in [-0.2, 0) is 61.8 Å². The number of ether oxygens (including phenoxy) is 1. The number of carbonyl (C=O) groups is 10. The number of methoxy groups -OCH3 is 1. The molecule has 27 N–H and O–H groups in total. The van der Waals surface area contributed by atoms with Gasteiger partial charge in [-0.15, -0.1) is 35.7 Å². The first-order valence-electron chi connectivity index (χ1n) is 25.1. The molecule has 534 valence electrons. The summed E-state index contributed by atoms with van der Waals surface area (Å²) >= 11 is 0. The van der Waals surface area contributed by atoms with Crippen molar-refractivity contribution in [1.29, 1.82) is 0 Å². The molecule has 99 heavy (non-hydrogen) atoms. The SMILES string of the molecule is CN(c1n[nH]nc1C(=O)O)S(C)(=O)=O.COC(=O)c1n[nH]nc1C(=O)O.NC(=O)Cc1cn[nH]n1.NC(=O)c1cn[nH]n1.NC(=O)c1n[nH]nc1C(=O)O.O=C(O)C(=O)Cc1cn[nH]n1.O=C(O)Nc1cn[nH]n1.OCC(O)c1cn[nH]n1.OCc1cn[nH]n1.OCc1n[nH]nc1CO. The van der Waals surface area contributed by atoms with Crippen LogP contribution in [0.5, 0.6) is 0 Å². The number of ketones is 1. The van der Waals surface area contributed by atoms with Gasteiger partial charge in [-0.1, -0.05) is 0 Å². The Hall–Kier alpha value is -14.3. The van der Waals surface area contributed by atoms with Gasteiger partial charge in [0, 0.05) is 7.05 Å². The first kappa shape index (κ1) is 82.7. The van der Waals surface area contributed by atoms with Crippen molar-refractivity contribution in [2.75, 3.05) is 36.6 Å². The molecule has 1 atom stereocenters. The molecule has 0 bridgehead atoms. The number of sulfonamides is 1. The third kappa shape index (κ3) is 32.2. The number of hydrogen-bond donors (Lipinski definition) is 24. The van der Waals surface area contributed by atoms with E-state index in [1.54, 1.807) is 0 Å². The second-order valence-electron chi connectivity index (χ2n) is 16.3. The summed E-state index contributed by atoms with van der Waals surface area (Å²) in [4.78, 5) is 103. The van der Waals surface area contributed by atoms with Crippen molar-refractivity contribution in [1.82, 2.24) is 154 Å². The molecule has 0 saturated heterocycles. The Morgan fingerprint density at radius 2 is 0.939 bits per heavy atom. The van der Waals surface area contributed by atoms with Crippen LogP contribution in [0.3, 0.4) is 0 Å². The number of esters is 1. The zero-order valence-corrected chi connectivity index (χ0v) is 50.9. The first-order chi connectivity index (χ1) is 46.9. The highest BCUT2D eigenvalue weighted by molar-refractivity contribution is 7.92. The number of hydrogen-bond acceptors (Lipinski definition) is 38. The number of aromatic carboxylic acids is 3. The molecule has 58 nitrogen and oxygen atoms in total. The van der Waals surface area contributed by atoms with Gasteiger partial charge in [-0.05, 0) is 0 Å². The van der Waals surface area contributed by atoms with Gasteiger partial charge in [0.15, 0.2) is 23.0 Å². The fourth-order valence-electron chi connectivity index (χ4n) is 4.94. The quantitative estimate of drug-likeness (QED) is 0.0264. The van der Waals surface area contributed by atoms with E-state index in [4.69, 9.17) is 68.3 Å². The van der Waals surface area contributed by atoms with Crippen LogP contribution in [0.4, 0.5) is 16.4 Å². The second kappa shape index (κ2) is 44.2. The highest BCUT2D eigenvalue weighted by Gasteiger charge is 2.25. The molecule has 0 aliphatic carbocycles. The van der Waals surface area contributed by atoms with E-state index in [-0.39, 0.29) is 68.0 Å². The third-order valence-electron chi connectivity index (χ3n) is 9.40. The van der Waals surface area contributed by atoms with Crippen LogP contribution in [0, 0.1) is 0 Å². The van der Waals surface area contributed by atoms with Crippen molar-refractivity contribution in [3.8, 4) is 0 Å². The Kier molecular flexibility index (Phi) is 36.9. The molecule has 0 fully saturated rings. The monoisotopic (exact) mass is 1430 g/mol. The number of aliphatic hydroxyl groups is 5. The average Bonchev–Trinajstić information content (AvgIpc) is 1.77. The summed E-state index contributed by atoms with van der Waals surface area (Å²) in [5.41, 5.74) is 15.2. The molecular weight excluding hydrogens is 1370 g/mol. The normalized spacial score (nSPS) is 10.0. The van der Waals surface area contributed by atoms with Crippen LogP contribution < -0.4 is 26.8 Å². The van der Waals surface area contributed by atoms with Crippen LogP contribution in [0.25, 0.3) is 0 Å². The summed E-state index contributed by atoms with van der Waals surface area (Å²) in [6.07, 6.45) is 6.95. The van der Waals surface area contributed by atoms with E-state index < -0.39 is 92.7 Å². The van der Waals surface area contributed by atoms with Crippen LogP contribution in [0.2, 0.25) is 0 Å². The lowest BCUT2D eigenvalue weighted by Gasteiger charge is -2.12. The maximum atomic E-state index is 11.1. The van der Waals surface area contributed by atoms with E-state index in [2.05, 4.69) is 143 Å². The second-order valence-corrected chi connectivity index (χ2v) is 18.3. The van der Waals surface area contributed by atoms with Gasteiger partial charge in [0.2, 0.25) is 44.5 Å². The number of amides is 4. The van der Waals surface area contributed by atoms with Crippen molar-refractivity contribution >= 4 is 81.1 Å². The van der Waals surface area contributed by atoms with Crippen LogP contribution in [0.1, 0.15) is 103 Å². The number of nitrogens with two attached hydrogens (primary N) is 3. The van der Waals surface area contributed by atoms with Gasteiger partial charge in [-0.25, -0.2) is 37.2 Å². The van der Waals surface area contributed by atoms with Crippen molar-refractivity contribution in [2.24, 2.45) is 17.2 Å². The number of aromatic nitrogens is 30. The molecule has 10 aromatic heterocycles. The van der Waals surface area contributed by atoms with Crippen molar-refractivity contribution in [3.63, 3.8) is 0 Å². The summed E-state index contributed by atoms with van der Waals surface area (Å²) < 4.78 is 27.1. The maximum absolute atomic E-state index is 11.1. The van der Waals surface area contributed by atoms with Crippen molar-refractivity contribution < 1.29 is 112 Å². The smallest absolute Gasteiger partial charge is 0.410 e. The Morgan fingerprint density at radius 3 is 1.29 bits per heavy atom. The minimum atomic E-state index is -3.53. The molecule has 10 aromatic rings. The van der Waals surface area contributed by atoms with Gasteiger partial charge in [0.25, 0.3) is 11.8 Å². The number of Topliss-reactive ketones (excluding diaryl/α,β-unsaturated/α-hetero) is 1. The van der Waals surface area contributed by atoms with E-state index in [1.165, 1.54) is 44.2 Å². The fourth-order valence-corrected chi connectivity index (χ4v) is 5.38. The maximum Gasteiger partial charge on any atom is 0.410 e. The number of aromatic amines is 10. The Labute approximate surface area is 544 Å². The molecule has 10 rings (SSSR count). The standard InChI is InChI=1S/C5H8N4O4S.C5H5N3O4.C5H5N3O3.C4H4N4O3.C4H6N4O.2C4H7N3O2.C3H4N4O2.C3H4N4O.C3H5N3O/c1-9(14(2,12)13)4-3(5(10)11)6-8-7-4;1-12-5(11)3-2(4(9)10)6-8-7-3;9-4(5(10)11)1-3-2-6-8-7-3;5-3(9)1-2(4(10)11)7-8-6-1;5-4(9)1-3-2-6-8-7-3;8-1-3-4(2-9)6-7-5-3;8-2-4(9)3-1-5-7-6-3;8-3(9)5-2-1-4-7-6-2;4-3(8)2-1-5-7-6-2;7-2-3-1-4-6-5-3/h1-2H3,(H,10,11)(H,6,7,8);1H3,(H,9,10)(H,6,7,8);2H,1H2,(H,10,11)(H,6,7,8);(H2,5,9)(H,10,11)(H,6,7,8);2H,1H2,(H2,5,9)(H,6,7,8);8-9H,1-2H2,(H,5,6,7);1,4,8-9H,2H2,(H,5,6,7);1H,(H,8,9)(H2,4,5,6,7);1H,(H2,4,8)(H,5,6,7);1,7H,2H2,(H,4,5,6). The fraction of sp³-hybridized carbons (Fsp3) is 0.250. The number of anilines is 2. The summed E-state index contributed by atoms with van der Waals surface area (Å²) in [6, 6.07) is 0. The summed E-state index contributed by atoms with van der Waals surface area (Å²) in [7, 11) is -1.21. The predicted octanol–water partition coefficient (Wildman–Crippen LogP) is -9.66. The molecule has 4 amide bonds. The molecule has 0 aliphatic rings.